The molecule has 3 aromatic rings. The third-order valence-corrected chi connectivity index (χ3v) is 7.58. The number of thioether (sulfide) groups is 1. The molecule has 2 amide bonds. The number of thiocarbonyl (C=S) groups is 1. The van der Waals surface area contributed by atoms with Gasteiger partial charge in [0.2, 0.25) is 0 Å². The number of aryl methyl sites for hydroxylation is 3. The van der Waals surface area contributed by atoms with Gasteiger partial charge in [0.25, 0.3) is 11.8 Å². The molecule has 0 spiro atoms. The molecule has 1 N–H and O–H groups in total. The smallest absolute Gasteiger partial charge is 0.270 e. The molecule has 10 heteroatoms. The fraction of sp³-hybridized carbons (Fsp3) is 0.179. The zero-order valence-electron chi connectivity index (χ0n) is 21.1. The van der Waals surface area contributed by atoms with Gasteiger partial charge in [0.1, 0.15) is 0 Å². The van der Waals surface area contributed by atoms with Gasteiger partial charge in [-0.15, -0.1) is 0 Å². The Hall–Kier alpha value is -3.04. The molecule has 0 aliphatic carbocycles. The quantitative estimate of drug-likeness (QED) is 0.230. The minimum Gasteiger partial charge on any atom is -0.493 e. The monoisotopic (exact) mass is 586 g/mol. The van der Waals surface area contributed by atoms with Gasteiger partial charge >= 0.3 is 0 Å². The van der Waals surface area contributed by atoms with Gasteiger partial charge in [-0.05, 0) is 73.9 Å². The number of halogens is 2. The largest absolute Gasteiger partial charge is 0.493 e. The van der Waals surface area contributed by atoms with E-state index in [0.29, 0.717) is 31.2 Å². The molecule has 0 aromatic heterocycles. The van der Waals surface area contributed by atoms with Gasteiger partial charge in [-0.25, -0.2) is 0 Å². The van der Waals surface area contributed by atoms with Gasteiger partial charge in [-0.1, -0.05) is 70.9 Å². The molecule has 0 atom stereocenters. The fourth-order valence-electron chi connectivity index (χ4n) is 3.90. The molecule has 196 valence electrons. The lowest BCUT2D eigenvalue weighted by Gasteiger charge is -2.17. The normalized spacial score (nSPS) is 14.3. The van der Waals surface area contributed by atoms with E-state index < -0.39 is 0 Å². The number of anilines is 2. The van der Waals surface area contributed by atoms with Gasteiger partial charge in [0.05, 0.1) is 22.7 Å². The number of ether oxygens (including phenoxy) is 2. The summed E-state index contributed by atoms with van der Waals surface area (Å²) in [6.45, 7) is 5.51. The van der Waals surface area contributed by atoms with E-state index in [1.54, 1.807) is 30.3 Å². The van der Waals surface area contributed by atoms with Gasteiger partial charge in [0, 0.05) is 10.7 Å². The van der Waals surface area contributed by atoms with Crippen LogP contribution in [0.15, 0.2) is 53.4 Å². The lowest BCUT2D eigenvalue weighted by atomic mass is 10.1. The predicted octanol–water partition coefficient (Wildman–Crippen LogP) is 7.35. The maximum atomic E-state index is 13.2. The van der Waals surface area contributed by atoms with Crippen LogP contribution in [0.4, 0.5) is 11.4 Å². The Kier molecular flexibility index (Phi) is 8.67. The summed E-state index contributed by atoms with van der Waals surface area (Å²) in [5, 5.41) is 3.51. The van der Waals surface area contributed by atoms with Gasteiger partial charge in [-0.2, -0.15) is 0 Å². The van der Waals surface area contributed by atoms with E-state index >= 15 is 0 Å². The summed E-state index contributed by atoms with van der Waals surface area (Å²) < 4.78 is 11.6. The van der Waals surface area contributed by atoms with Crippen molar-refractivity contribution in [1.29, 1.82) is 0 Å². The SMILES string of the molecule is COc1cc(/C=C2\SC(=S)N(c3ccc(C)cc3C)C2=O)cc(Cl)c1OCC(=O)Nc1cc(Cl)ccc1C. The van der Waals surface area contributed by atoms with Crippen LogP contribution in [0.1, 0.15) is 22.3 Å². The van der Waals surface area contributed by atoms with Crippen LogP contribution in [0.2, 0.25) is 10.0 Å². The van der Waals surface area contributed by atoms with Crippen molar-refractivity contribution in [3.8, 4) is 11.5 Å². The molecule has 38 heavy (non-hydrogen) atoms. The van der Waals surface area contributed by atoms with E-state index in [0.717, 1.165) is 22.4 Å². The zero-order chi connectivity index (χ0) is 27.6. The number of carbonyl (C=O) groups excluding carboxylic acids is 2. The van der Waals surface area contributed by atoms with Crippen LogP contribution in [-0.4, -0.2) is 29.9 Å². The van der Waals surface area contributed by atoms with Crippen molar-refractivity contribution in [3.05, 3.63) is 85.7 Å². The molecule has 0 radical (unpaired) electrons. The number of hydrogen-bond acceptors (Lipinski definition) is 6. The molecule has 1 aliphatic heterocycles. The molecule has 0 saturated carbocycles. The highest BCUT2D eigenvalue weighted by Crippen LogP contribution is 2.40. The van der Waals surface area contributed by atoms with Crippen molar-refractivity contribution in [3.63, 3.8) is 0 Å². The van der Waals surface area contributed by atoms with Gasteiger partial charge < -0.3 is 14.8 Å². The highest BCUT2D eigenvalue weighted by Gasteiger charge is 2.34. The van der Waals surface area contributed by atoms with Crippen LogP contribution in [0.3, 0.4) is 0 Å². The maximum Gasteiger partial charge on any atom is 0.270 e. The topological polar surface area (TPSA) is 67.9 Å². The standard InChI is InChI=1S/C28H24Cl2N2O4S2/c1-15-5-8-22(17(3)9-15)32-27(34)24(38-28(32)37)12-18-10-20(30)26(23(11-18)35-4)36-14-25(33)31-21-13-19(29)7-6-16(21)2/h5-13H,14H2,1-4H3,(H,31,33)/b24-12-. The number of nitrogens with one attached hydrogen (secondary N) is 1. The Bertz CT molecular complexity index is 1490. The number of hydrogen-bond donors (Lipinski definition) is 1. The number of amides is 2. The molecule has 1 saturated heterocycles. The second-order valence-corrected chi connectivity index (χ2v) is 11.2. The van der Waals surface area contributed by atoms with Crippen LogP contribution in [0, 0.1) is 20.8 Å². The van der Waals surface area contributed by atoms with Crippen LogP contribution < -0.4 is 19.7 Å². The summed E-state index contributed by atoms with van der Waals surface area (Å²) in [6, 6.07) is 14.4. The number of carbonyl (C=O) groups is 2. The first-order valence-corrected chi connectivity index (χ1v) is 13.5. The first-order chi connectivity index (χ1) is 18.1. The van der Waals surface area contributed by atoms with Crippen molar-refractivity contribution < 1.29 is 19.1 Å². The van der Waals surface area contributed by atoms with E-state index in [1.807, 2.05) is 45.0 Å². The Morgan fingerprint density at radius 3 is 2.55 bits per heavy atom. The summed E-state index contributed by atoms with van der Waals surface area (Å²) in [5.41, 5.74) is 4.91. The van der Waals surface area contributed by atoms with Crippen molar-refractivity contribution in [2.24, 2.45) is 0 Å². The Morgan fingerprint density at radius 2 is 1.84 bits per heavy atom. The molecular weight excluding hydrogens is 563 g/mol. The number of methoxy groups -OCH3 is 1. The van der Waals surface area contributed by atoms with E-state index in [-0.39, 0.29) is 29.2 Å². The number of benzene rings is 3. The van der Waals surface area contributed by atoms with E-state index in [9.17, 15) is 9.59 Å². The van der Waals surface area contributed by atoms with E-state index in [2.05, 4.69) is 5.32 Å². The average Bonchev–Trinajstić information content (AvgIpc) is 3.13. The molecule has 6 nitrogen and oxygen atoms in total. The Labute approximate surface area is 240 Å². The molecule has 1 heterocycles. The lowest BCUT2D eigenvalue weighted by molar-refractivity contribution is -0.118. The highest BCUT2D eigenvalue weighted by atomic mass is 35.5. The van der Waals surface area contributed by atoms with Crippen molar-refractivity contribution in [2.75, 3.05) is 23.9 Å². The molecule has 0 unspecified atom stereocenters. The Balaban J connectivity index is 1.52. The number of rotatable bonds is 7. The minimum absolute atomic E-state index is 0.213. The zero-order valence-corrected chi connectivity index (χ0v) is 24.2. The molecular formula is C28H24Cl2N2O4S2. The van der Waals surface area contributed by atoms with Gasteiger partial charge in [-0.3, -0.25) is 14.5 Å². The summed E-state index contributed by atoms with van der Waals surface area (Å²) >= 11 is 19.3. The van der Waals surface area contributed by atoms with Crippen LogP contribution >= 0.6 is 47.2 Å². The first-order valence-electron chi connectivity index (χ1n) is 11.5. The van der Waals surface area contributed by atoms with Crippen molar-refractivity contribution in [2.45, 2.75) is 20.8 Å². The predicted molar refractivity (Wildman–Crippen MR) is 160 cm³/mol. The van der Waals surface area contributed by atoms with Crippen LogP contribution in [-0.2, 0) is 9.59 Å². The molecule has 1 aliphatic rings. The van der Waals surface area contributed by atoms with E-state index in [1.165, 1.54) is 23.8 Å². The third kappa shape index (κ3) is 6.15. The summed E-state index contributed by atoms with van der Waals surface area (Å²) in [6.07, 6.45) is 1.70. The van der Waals surface area contributed by atoms with Crippen LogP contribution in [0.25, 0.3) is 6.08 Å². The summed E-state index contributed by atoms with van der Waals surface area (Å²) in [5.74, 6) is -0.0598. The highest BCUT2D eigenvalue weighted by molar-refractivity contribution is 8.27. The van der Waals surface area contributed by atoms with Crippen molar-refractivity contribution in [1.82, 2.24) is 0 Å². The molecule has 3 aromatic carbocycles. The fourth-order valence-corrected chi connectivity index (χ4v) is 5.63. The second-order valence-electron chi connectivity index (χ2n) is 8.64. The second kappa shape index (κ2) is 11.8. The number of nitrogens with zero attached hydrogens (tertiary/aromatic N) is 1. The molecule has 0 bridgehead atoms. The van der Waals surface area contributed by atoms with Crippen molar-refractivity contribution >= 4 is 80.8 Å². The van der Waals surface area contributed by atoms with Gasteiger partial charge in [0.15, 0.2) is 22.4 Å². The summed E-state index contributed by atoms with van der Waals surface area (Å²) in [7, 11) is 1.47. The average molecular weight is 588 g/mol. The summed E-state index contributed by atoms with van der Waals surface area (Å²) in [4.78, 5) is 27.7. The maximum absolute atomic E-state index is 13.2. The molecule has 4 rings (SSSR count). The van der Waals surface area contributed by atoms with Crippen LogP contribution in [0.5, 0.6) is 11.5 Å². The molecule has 1 fully saturated rings. The first kappa shape index (κ1) is 28.0. The van der Waals surface area contributed by atoms with E-state index in [4.69, 9.17) is 44.9 Å². The minimum atomic E-state index is -0.382. The lowest BCUT2D eigenvalue weighted by Crippen LogP contribution is -2.28. The Morgan fingerprint density at radius 1 is 1.08 bits per heavy atom. The third-order valence-electron chi connectivity index (χ3n) is 5.76.